The lowest BCUT2D eigenvalue weighted by Gasteiger charge is -1.98. The van der Waals surface area contributed by atoms with Gasteiger partial charge in [-0.2, -0.15) is 0 Å². The number of carboxylic acids is 1. The lowest BCUT2D eigenvalue weighted by Crippen LogP contribution is -3.00. The van der Waals surface area contributed by atoms with E-state index in [-0.39, 0.29) is 12.4 Å². The number of rotatable bonds is 3. The van der Waals surface area contributed by atoms with Gasteiger partial charge in [0.2, 0.25) is 5.89 Å². The van der Waals surface area contributed by atoms with Crippen LogP contribution in [0, 0.1) is 0 Å². The van der Waals surface area contributed by atoms with Gasteiger partial charge in [-0.05, 0) is 5.10 Å². The van der Waals surface area contributed by atoms with Crippen molar-refractivity contribution in [3.63, 3.8) is 0 Å². The van der Waals surface area contributed by atoms with Gasteiger partial charge in [0, 0.05) is 13.0 Å². The van der Waals surface area contributed by atoms with E-state index >= 15 is 0 Å². The molecule has 0 radical (unpaired) electrons. The smallest absolute Gasteiger partial charge is 0.375 e. The largest absolute Gasteiger partial charge is 1.00 e. The van der Waals surface area contributed by atoms with Gasteiger partial charge >= 0.3 is 5.97 Å². The maximum absolute atomic E-state index is 10.7. The molecule has 0 aliphatic heterocycles. The van der Waals surface area contributed by atoms with Crippen LogP contribution in [0.25, 0.3) is 11.5 Å². The Kier molecular flexibility index (Phi) is 4.17. The summed E-state index contributed by atoms with van der Waals surface area (Å²) in [7, 11) is 0. The third kappa shape index (κ3) is 2.79. The van der Waals surface area contributed by atoms with Gasteiger partial charge in [0.05, 0.1) is 11.8 Å². The molecule has 0 fully saturated rings. The van der Waals surface area contributed by atoms with E-state index in [4.69, 9.17) is 9.52 Å². The third-order valence-corrected chi connectivity index (χ3v) is 2.17. The normalized spacial score (nSPS) is 11.6. The summed E-state index contributed by atoms with van der Waals surface area (Å²) < 4.78 is 6.45. The van der Waals surface area contributed by atoms with Gasteiger partial charge in [-0.3, -0.25) is 0 Å². The van der Waals surface area contributed by atoms with Crippen molar-refractivity contribution in [3.05, 3.63) is 30.9 Å². The molecule has 7 heteroatoms. The molecule has 2 aromatic rings. The van der Waals surface area contributed by atoms with Crippen molar-refractivity contribution in [2.75, 3.05) is 0 Å². The molecule has 2 aromatic heterocycles. The first-order valence-corrected chi connectivity index (χ1v) is 4.68. The van der Waals surface area contributed by atoms with Crippen LogP contribution in [0.15, 0.2) is 35.3 Å². The highest BCUT2D eigenvalue weighted by atomic mass is 35.5. The zero-order chi connectivity index (χ0) is 11.5. The topological polar surface area (TPSA) is 80.1 Å². The van der Waals surface area contributed by atoms with Gasteiger partial charge in [-0.25, -0.2) is 9.78 Å². The van der Waals surface area contributed by atoms with Crippen molar-refractivity contribution >= 4 is 5.97 Å². The zero-order valence-electron chi connectivity index (χ0n) is 8.95. The second-order valence-electron chi connectivity index (χ2n) is 3.25. The van der Waals surface area contributed by atoms with Crippen molar-refractivity contribution < 1.29 is 31.4 Å². The Balaban J connectivity index is 0.00000144. The third-order valence-electron chi connectivity index (χ3n) is 2.17. The van der Waals surface area contributed by atoms with Gasteiger partial charge in [0.1, 0.15) is 12.5 Å². The molecule has 0 spiro atoms. The summed E-state index contributed by atoms with van der Waals surface area (Å²) in [5.74, 6) is -0.469. The minimum Gasteiger partial charge on any atom is -1.00 e. The highest BCUT2D eigenvalue weighted by Gasteiger charge is 2.22. The second kappa shape index (κ2) is 5.40. The van der Waals surface area contributed by atoms with Crippen LogP contribution in [0.4, 0.5) is 0 Å². The van der Waals surface area contributed by atoms with Gasteiger partial charge in [-0.15, -0.1) is 0 Å². The van der Waals surface area contributed by atoms with Crippen LogP contribution in [0.2, 0.25) is 0 Å². The molecule has 6 nitrogen and oxygen atoms in total. The molecule has 1 unspecified atom stereocenters. The molecule has 0 bridgehead atoms. The van der Waals surface area contributed by atoms with E-state index in [0.29, 0.717) is 11.5 Å². The Morgan fingerprint density at radius 2 is 2.35 bits per heavy atom. The van der Waals surface area contributed by atoms with E-state index in [1.54, 1.807) is 19.2 Å². The summed E-state index contributed by atoms with van der Waals surface area (Å²) in [6.45, 7) is 1.56. The summed E-state index contributed by atoms with van der Waals surface area (Å²) >= 11 is 0. The van der Waals surface area contributed by atoms with Crippen LogP contribution < -0.4 is 17.1 Å². The number of aliphatic carboxylic acids is 1. The molecular weight excluding hydrogens is 246 g/mol. The fourth-order valence-corrected chi connectivity index (χ4v) is 1.20. The molecule has 1 atom stereocenters. The Morgan fingerprint density at radius 1 is 1.59 bits per heavy atom. The number of carbonyl (C=O) groups is 1. The molecule has 2 heterocycles. The highest BCUT2D eigenvalue weighted by molar-refractivity contribution is 5.69. The molecule has 17 heavy (non-hydrogen) atoms. The summed E-state index contributed by atoms with van der Waals surface area (Å²) in [5.41, 5.74) is 0.707. The summed E-state index contributed by atoms with van der Waals surface area (Å²) in [5, 5.41) is 12.8. The Labute approximate surface area is 103 Å². The van der Waals surface area contributed by atoms with Crippen LogP contribution in [0.1, 0.15) is 13.0 Å². The van der Waals surface area contributed by atoms with Crippen LogP contribution >= 0.6 is 0 Å². The van der Waals surface area contributed by atoms with Crippen LogP contribution in [0.5, 0.6) is 0 Å². The minimum absolute atomic E-state index is 0. The first-order chi connectivity index (χ1) is 7.68. The Bertz CT molecular complexity index is 484. The van der Waals surface area contributed by atoms with Crippen LogP contribution in [-0.2, 0) is 4.79 Å². The van der Waals surface area contributed by atoms with E-state index in [2.05, 4.69) is 10.1 Å². The van der Waals surface area contributed by atoms with Gasteiger partial charge in [0.25, 0.3) is 6.04 Å². The maximum Gasteiger partial charge on any atom is 0.375 e. The summed E-state index contributed by atoms with van der Waals surface area (Å²) in [6.07, 6.45) is 6.11. The molecular formula is C10H10ClN3O3. The molecule has 0 saturated carbocycles. The number of hydrogen-bond donors (Lipinski definition) is 1. The lowest BCUT2D eigenvalue weighted by atomic mass is 10.3. The SMILES string of the molecule is CC(C(=O)O)[n+]1ccc(-c2ncco2)cn1.[Cl-]. The molecule has 0 aliphatic rings. The van der Waals surface area contributed by atoms with E-state index in [9.17, 15) is 4.79 Å². The molecule has 90 valence electrons. The van der Waals surface area contributed by atoms with Crippen molar-refractivity contribution in [1.82, 2.24) is 10.1 Å². The average molecular weight is 256 g/mol. The monoisotopic (exact) mass is 255 g/mol. The van der Waals surface area contributed by atoms with Crippen molar-refractivity contribution in [3.8, 4) is 11.5 Å². The van der Waals surface area contributed by atoms with Crippen molar-refractivity contribution in [1.29, 1.82) is 0 Å². The molecule has 0 aromatic carbocycles. The lowest BCUT2D eigenvalue weighted by molar-refractivity contribution is -0.763. The maximum atomic E-state index is 10.7. The number of nitrogens with zero attached hydrogens (tertiary/aromatic N) is 3. The number of oxazole rings is 1. The molecule has 0 aliphatic carbocycles. The number of carboxylic acid groups (broad SMARTS) is 1. The van der Waals surface area contributed by atoms with Crippen LogP contribution in [-0.4, -0.2) is 21.2 Å². The molecule has 0 saturated heterocycles. The van der Waals surface area contributed by atoms with Crippen molar-refractivity contribution in [2.24, 2.45) is 0 Å². The second-order valence-corrected chi connectivity index (χ2v) is 3.25. The Morgan fingerprint density at radius 3 is 2.82 bits per heavy atom. The van der Waals surface area contributed by atoms with E-state index in [0.717, 1.165) is 0 Å². The van der Waals surface area contributed by atoms with E-state index in [1.807, 2.05) is 0 Å². The first kappa shape index (κ1) is 13.1. The van der Waals surface area contributed by atoms with Crippen molar-refractivity contribution in [2.45, 2.75) is 13.0 Å². The highest BCUT2D eigenvalue weighted by Crippen LogP contribution is 2.13. The predicted molar refractivity (Wildman–Crippen MR) is 52.3 cm³/mol. The van der Waals surface area contributed by atoms with Gasteiger partial charge in [0.15, 0.2) is 6.20 Å². The Hall–Kier alpha value is -1.95. The fourth-order valence-electron chi connectivity index (χ4n) is 1.20. The summed E-state index contributed by atoms with van der Waals surface area (Å²) in [4.78, 5) is 14.7. The van der Waals surface area contributed by atoms with E-state index < -0.39 is 12.0 Å². The molecule has 0 amide bonds. The zero-order valence-corrected chi connectivity index (χ0v) is 9.70. The van der Waals surface area contributed by atoms with Gasteiger partial charge in [-0.1, -0.05) is 4.68 Å². The fraction of sp³-hybridized carbons (Fsp3) is 0.200. The average Bonchev–Trinajstić information content (AvgIpc) is 2.81. The quantitative estimate of drug-likeness (QED) is 0.623. The van der Waals surface area contributed by atoms with E-state index in [1.165, 1.54) is 23.3 Å². The first-order valence-electron chi connectivity index (χ1n) is 4.68. The number of halogens is 1. The minimum atomic E-state index is -0.929. The number of aromatic nitrogens is 3. The summed E-state index contributed by atoms with van der Waals surface area (Å²) in [6, 6.07) is 1.01. The number of hydrogen-bond acceptors (Lipinski definition) is 4. The predicted octanol–water partition coefficient (Wildman–Crippen LogP) is -2.33. The van der Waals surface area contributed by atoms with Gasteiger partial charge < -0.3 is 21.9 Å². The van der Waals surface area contributed by atoms with Crippen LogP contribution in [0.3, 0.4) is 0 Å². The standard InChI is InChI=1S/C10H9N3O3.ClH/c1-7(10(14)15)13-4-2-8(6-12-13)9-11-3-5-16-9;/h2-7H,1H3;1H. The molecule has 1 N–H and O–H groups in total. The molecule has 2 rings (SSSR count).